The second-order valence-corrected chi connectivity index (χ2v) is 15.0. The summed E-state index contributed by atoms with van der Waals surface area (Å²) in [5, 5.41) is 11.3. The molecule has 256 valence electrons. The van der Waals surface area contributed by atoms with Gasteiger partial charge in [0, 0.05) is 15.8 Å². The molecular formula is C51H31N3S. The summed E-state index contributed by atoms with van der Waals surface area (Å²) in [4.78, 5) is 16.4. The van der Waals surface area contributed by atoms with Crippen molar-refractivity contribution in [2.24, 2.45) is 0 Å². The fraction of sp³-hybridized carbons (Fsp3) is 0. The topological polar surface area (TPSA) is 38.7 Å². The molecule has 9 aromatic carbocycles. The molecule has 0 bridgehead atoms. The van der Waals surface area contributed by atoms with Crippen molar-refractivity contribution in [2.45, 2.75) is 0 Å². The molecular weight excluding hydrogens is 687 g/mol. The summed E-state index contributed by atoms with van der Waals surface area (Å²) in [6, 6.07) is 67.1. The predicted octanol–water partition coefficient (Wildman–Crippen LogP) is 14.0. The third kappa shape index (κ3) is 5.38. The number of fused-ring (bicyclic) bond motifs is 9. The quantitative estimate of drug-likeness (QED) is 0.166. The molecule has 0 aliphatic heterocycles. The molecule has 0 spiro atoms. The second-order valence-electron chi connectivity index (χ2n) is 14.0. The van der Waals surface area contributed by atoms with Gasteiger partial charge in [0.2, 0.25) is 0 Å². The SMILES string of the molecule is c1ccc(-c2ccc(-c3nc(-c4cccc(-c5cc6c7ccccc7c7ccccc7c6c6ccccc56)c4)nc(-c4cc5ccccc5s4)n3)cc2)cc1. The lowest BCUT2D eigenvalue weighted by Crippen LogP contribution is -1.99. The highest BCUT2D eigenvalue weighted by molar-refractivity contribution is 7.22. The third-order valence-electron chi connectivity index (χ3n) is 10.7. The van der Waals surface area contributed by atoms with Gasteiger partial charge < -0.3 is 0 Å². The summed E-state index contributed by atoms with van der Waals surface area (Å²) in [5.74, 6) is 1.97. The molecule has 2 aromatic heterocycles. The monoisotopic (exact) mass is 717 g/mol. The van der Waals surface area contributed by atoms with E-state index in [1.165, 1.54) is 64.3 Å². The molecule has 11 rings (SSSR count). The Bertz CT molecular complexity index is 3220. The second kappa shape index (κ2) is 12.8. The fourth-order valence-electron chi connectivity index (χ4n) is 8.11. The van der Waals surface area contributed by atoms with Gasteiger partial charge in [0.05, 0.1) is 4.88 Å². The van der Waals surface area contributed by atoms with E-state index < -0.39 is 0 Å². The standard InChI is InChI=1S/C51H31N3S/c1-2-13-32(14-3-1)33-25-27-34(28-26-33)49-52-50(54-51(53-49)47-30-36-15-4-11-24-46(36)55-47)37-17-12-16-35(29-37)44-31-45-40-20-6-5-18-38(40)39-19-7-9-22-42(39)48(45)43-23-10-8-21-41(43)44/h1-31H. The van der Waals surface area contributed by atoms with Gasteiger partial charge in [-0.25, -0.2) is 15.0 Å². The minimum absolute atomic E-state index is 0.646. The molecule has 0 atom stereocenters. The highest BCUT2D eigenvalue weighted by Crippen LogP contribution is 2.43. The fourth-order valence-corrected chi connectivity index (χ4v) is 9.11. The Kier molecular flexibility index (Phi) is 7.35. The number of thiophene rings is 1. The van der Waals surface area contributed by atoms with E-state index in [4.69, 9.17) is 15.0 Å². The maximum Gasteiger partial charge on any atom is 0.174 e. The van der Waals surface area contributed by atoms with Crippen molar-refractivity contribution < 1.29 is 0 Å². The van der Waals surface area contributed by atoms with Gasteiger partial charge in [-0.15, -0.1) is 11.3 Å². The Hall–Kier alpha value is -7.01. The molecule has 0 aliphatic carbocycles. The molecule has 0 unspecified atom stereocenters. The number of hydrogen-bond acceptors (Lipinski definition) is 4. The van der Waals surface area contributed by atoms with E-state index in [2.05, 4.69) is 182 Å². The normalized spacial score (nSPS) is 11.6. The van der Waals surface area contributed by atoms with Crippen LogP contribution in [0.2, 0.25) is 0 Å². The largest absolute Gasteiger partial charge is 0.208 e. The molecule has 0 fully saturated rings. The van der Waals surface area contributed by atoms with E-state index in [0.717, 1.165) is 27.1 Å². The lowest BCUT2D eigenvalue weighted by molar-refractivity contribution is 1.08. The lowest BCUT2D eigenvalue weighted by atomic mass is 9.87. The first-order valence-electron chi connectivity index (χ1n) is 18.5. The number of rotatable bonds is 5. The molecule has 11 aromatic rings. The predicted molar refractivity (Wildman–Crippen MR) is 232 cm³/mol. The van der Waals surface area contributed by atoms with Crippen LogP contribution < -0.4 is 0 Å². The number of hydrogen-bond donors (Lipinski definition) is 0. The van der Waals surface area contributed by atoms with E-state index in [0.29, 0.717) is 17.5 Å². The minimum Gasteiger partial charge on any atom is -0.208 e. The van der Waals surface area contributed by atoms with Gasteiger partial charge in [-0.1, -0.05) is 164 Å². The summed E-state index contributed by atoms with van der Waals surface area (Å²) in [7, 11) is 0. The van der Waals surface area contributed by atoms with Crippen molar-refractivity contribution in [2.75, 3.05) is 0 Å². The van der Waals surface area contributed by atoms with Crippen LogP contribution in [-0.4, -0.2) is 15.0 Å². The van der Waals surface area contributed by atoms with Gasteiger partial charge in [-0.2, -0.15) is 0 Å². The summed E-state index contributed by atoms with van der Waals surface area (Å²) in [5.41, 5.74) is 6.51. The van der Waals surface area contributed by atoms with Gasteiger partial charge in [0.1, 0.15) is 0 Å². The Morgan fingerprint density at radius 1 is 0.309 bits per heavy atom. The van der Waals surface area contributed by atoms with Crippen molar-refractivity contribution in [1.29, 1.82) is 0 Å². The molecule has 0 radical (unpaired) electrons. The first kappa shape index (κ1) is 31.5. The van der Waals surface area contributed by atoms with Gasteiger partial charge in [-0.3, -0.25) is 0 Å². The number of benzene rings is 9. The zero-order chi connectivity index (χ0) is 36.3. The highest BCUT2D eigenvalue weighted by Gasteiger charge is 2.18. The van der Waals surface area contributed by atoms with Gasteiger partial charge in [0.15, 0.2) is 17.5 Å². The van der Waals surface area contributed by atoms with Crippen LogP contribution in [0.5, 0.6) is 0 Å². The van der Waals surface area contributed by atoms with Gasteiger partial charge in [-0.05, 0) is 95.0 Å². The lowest BCUT2D eigenvalue weighted by Gasteiger charge is -2.16. The summed E-state index contributed by atoms with van der Waals surface area (Å²) < 4.78 is 1.21. The highest BCUT2D eigenvalue weighted by atomic mass is 32.1. The van der Waals surface area contributed by atoms with Crippen LogP contribution in [0.3, 0.4) is 0 Å². The first-order chi connectivity index (χ1) is 27.2. The molecule has 0 N–H and O–H groups in total. The van der Waals surface area contributed by atoms with Crippen LogP contribution in [0.4, 0.5) is 0 Å². The van der Waals surface area contributed by atoms with Gasteiger partial charge >= 0.3 is 0 Å². The maximum absolute atomic E-state index is 5.17. The van der Waals surface area contributed by atoms with Crippen LogP contribution in [0.25, 0.3) is 109 Å². The Labute approximate surface area is 321 Å². The zero-order valence-electron chi connectivity index (χ0n) is 29.6. The van der Waals surface area contributed by atoms with Crippen molar-refractivity contribution in [3.05, 3.63) is 188 Å². The van der Waals surface area contributed by atoms with Crippen molar-refractivity contribution in [3.8, 4) is 55.7 Å². The molecule has 0 amide bonds. The Morgan fingerprint density at radius 2 is 0.818 bits per heavy atom. The van der Waals surface area contributed by atoms with Gasteiger partial charge in [0.25, 0.3) is 0 Å². The summed E-state index contributed by atoms with van der Waals surface area (Å²) in [6.45, 7) is 0. The summed E-state index contributed by atoms with van der Waals surface area (Å²) >= 11 is 1.71. The first-order valence-corrected chi connectivity index (χ1v) is 19.3. The van der Waals surface area contributed by atoms with Crippen LogP contribution in [-0.2, 0) is 0 Å². The molecule has 2 heterocycles. The molecule has 0 saturated carbocycles. The average molecular weight is 718 g/mol. The van der Waals surface area contributed by atoms with Crippen molar-refractivity contribution in [1.82, 2.24) is 15.0 Å². The Balaban J connectivity index is 1.10. The van der Waals surface area contributed by atoms with E-state index in [1.54, 1.807) is 11.3 Å². The number of aromatic nitrogens is 3. The number of nitrogens with zero attached hydrogens (tertiary/aromatic N) is 3. The van der Waals surface area contributed by atoms with E-state index in [-0.39, 0.29) is 0 Å². The smallest absolute Gasteiger partial charge is 0.174 e. The Morgan fingerprint density at radius 3 is 1.56 bits per heavy atom. The summed E-state index contributed by atoms with van der Waals surface area (Å²) in [6.07, 6.45) is 0. The van der Waals surface area contributed by atoms with E-state index in [1.807, 2.05) is 6.07 Å². The minimum atomic E-state index is 0.646. The van der Waals surface area contributed by atoms with Crippen molar-refractivity contribution in [3.63, 3.8) is 0 Å². The molecule has 3 nitrogen and oxygen atoms in total. The van der Waals surface area contributed by atoms with Crippen LogP contribution in [0.15, 0.2) is 188 Å². The molecule has 55 heavy (non-hydrogen) atoms. The third-order valence-corrected chi connectivity index (χ3v) is 11.8. The van der Waals surface area contributed by atoms with Crippen LogP contribution in [0.1, 0.15) is 0 Å². The van der Waals surface area contributed by atoms with E-state index in [9.17, 15) is 0 Å². The average Bonchev–Trinajstić information content (AvgIpc) is 3.71. The van der Waals surface area contributed by atoms with Crippen LogP contribution in [0, 0.1) is 0 Å². The maximum atomic E-state index is 5.17. The van der Waals surface area contributed by atoms with Crippen molar-refractivity contribution >= 4 is 64.5 Å². The molecule has 0 aliphatic rings. The molecule has 4 heteroatoms. The molecule has 0 saturated heterocycles. The zero-order valence-corrected chi connectivity index (χ0v) is 30.5. The van der Waals surface area contributed by atoms with E-state index >= 15 is 0 Å². The van der Waals surface area contributed by atoms with Crippen LogP contribution >= 0.6 is 11.3 Å².